The minimum absolute atomic E-state index is 0.0376. The van der Waals surface area contributed by atoms with Crippen molar-refractivity contribution < 1.29 is 148 Å². The SMILES string of the molecule is C/C1=C/C=C/C2(C)C=C(CO[C@H]3O[C@H](CO)[C@H](O)[C@H](O)[C@H]3O)C(C)CC23OC(O)C(C3=O)C(O)/C=C/C2(C)C=C(C=O)C(C)CC23OC(O)C(C3=O)C(O)/C(C)=C\C=C\C2C=C(CO[C@H]3O[C@H](CO)[C@H](O)[C@H](O)[C@H]3O)C(C)CC23OC(O)C(C3=O)C(O)/C=C/C2(C)C=C(C=O)C(C)CC23OC(O)C(C3=O)C1O. The lowest BCUT2D eigenvalue weighted by atomic mass is 9.59. The van der Waals surface area contributed by atoms with Crippen LogP contribution in [0.15, 0.2) is 119 Å². The van der Waals surface area contributed by atoms with Crippen molar-refractivity contribution >= 4 is 35.7 Å². The highest BCUT2D eigenvalue weighted by Gasteiger charge is 2.69. The van der Waals surface area contributed by atoms with Gasteiger partial charge in [-0.15, -0.1) is 0 Å². The van der Waals surface area contributed by atoms with Gasteiger partial charge in [0, 0.05) is 22.2 Å². The van der Waals surface area contributed by atoms with Crippen LogP contribution in [0.4, 0.5) is 0 Å². The first kappa shape index (κ1) is 82.4. The third kappa shape index (κ3) is 13.8. The number of ketones is 4. The summed E-state index contributed by atoms with van der Waals surface area (Å²) in [5, 5.41) is 181. The Morgan fingerprint density at radius 2 is 0.832 bits per heavy atom. The normalized spacial score (nSPS) is 51.3. The molecule has 5 aliphatic carbocycles. The Balaban J connectivity index is 1.01. The third-order valence-electron chi connectivity index (χ3n) is 25.0. The molecule has 6 aliphatic heterocycles. The van der Waals surface area contributed by atoms with E-state index in [1.54, 1.807) is 46.8 Å². The molecule has 34 atom stereocenters. The highest BCUT2D eigenvalue weighted by Crippen LogP contribution is 2.59. The van der Waals surface area contributed by atoms with Crippen LogP contribution in [0.3, 0.4) is 0 Å². The molecule has 6 heterocycles. The standard InChI is InChI=1S/C77H102O30/c1-34-12-10-14-44-20-40(32-100-69-59(90)57(88)55(86)47(30-80)102-69)36(3)21-74(44)61(92)49(65(96)104-74)45(82)15-18-72(8)25-41(28-78)38(5)23-77(72)64(95)52(68(99)107-77)54(85)35(2)13-11-17-71(7)27-43(33-101-70-60(91)58(89)56(87)48(31-81)103-70)39(6)24-75(71)62(93)50(66(97)105-75)46(83)16-19-73(9)26-42(29-79)37(4)22-76(73)63(94)51(53(34)84)67(98)106-76/h10-20,25-29,36-39,44-60,65-70,80-91,96-99H,21-24,30-33H2,1-9H3/b14-10+,17-11+,18-15+,19-16+,34-12-,35-13-/t36?,37?,38?,39?,44?,45?,46?,47-,48-,49?,50?,51?,52?,53?,54?,55+,56+,57+,58+,59-,60-,65?,66?,67?,68?,69+,70+,71?,72?,73?,74?,75?,76?,77?/m1/s1. The van der Waals surface area contributed by atoms with Gasteiger partial charge in [0.15, 0.2) is 60.9 Å². The molecule has 16 N–H and O–H groups in total. The summed E-state index contributed by atoms with van der Waals surface area (Å²) in [6, 6.07) is 0. The minimum atomic E-state index is -2.10. The molecule has 0 amide bonds. The summed E-state index contributed by atoms with van der Waals surface area (Å²) in [5.74, 6) is -14.4. The van der Waals surface area contributed by atoms with Crippen molar-refractivity contribution in [3.8, 4) is 0 Å². The van der Waals surface area contributed by atoms with Crippen molar-refractivity contribution in [1.29, 1.82) is 0 Å². The van der Waals surface area contributed by atoms with E-state index < -0.39 is 239 Å². The van der Waals surface area contributed by atoms with Gasteiger partial charge in [-0.1, -0.05) is 113 Å². The van der Waals surface area contributed by atoms with E-state index in [9.17, 15) is 91.3 Å². The lowest BCUT2D eigenvalue weighted by molar-refractivity contribution is -0.299. The van der Waals surface area contributed by atoms with Crippen LogP contribution < -0.4 is 0 Å². The summed E-state index contributed by atoms with van der Waals surface area (Å²) >= 11 is 0. The topological polar surface area (TPSA) is 500 Å². The van der Waals surface area contributed by atoms with Crippen LogP contribution in [0.25, 0.3) is 0 Å². The van der Waals surface area contributed by atoms with Crippen molar-refractivity contribution in [3.63, 3.8) is 0 Å². The number of allylic oxidation sites excluding steroid dienone is 6. The van der Waals surface area contributed by atoms with E-state index in [0.29, 0.717) is 23.7 Å². The third-order valence-corrected chi connectivity index (χ3v) is 25.0. The maximum Gasteiger partial charge on any atom is 0.187 e. The zero-order chi connectivity index (χ0) is 78.5. The molecule has 6 saturated heterocycles. The number of ether oxygens (including phenoxy) is 8. The number of hydrogen-bond donors (Lipinski definition) is 16. The molecule has 0 saturated carbocycles. The van der Waals surface area contributed by atoms with Gasteiger partial charge in [-0.2, -0.15) is 0 Å². The molecule has 0 aromatic carbocycles. The van der Waals surface area contributed by atoms with Crippen molar-refractivity contribution in [1.82, 2.24) is 0 Å². The monoisotopic (exact) mass is 1510 g/mol. The van der Waals surface area contributed by atoms with Crippen LogP contribution in [0.1, 0.15) is 88.0 Å². The molecule has 11 aliphatic rings. The Morgan fingerprint density at radius 1 is 0.449 bits per heavy atom. The van der Waals surface area contributed by atoms with E-state index in [1.165, 1.54) is 88.5 Å². The van der Waals surface area contributed by atoms with Crippen molar-refractivity contribution in [2.24, 2.45) is 69.5 Å². The molecule has 8 bridgehead atoms. The number of carbonyl (C=O) groups excluding carboxylic acids is 6. The molecule has 24 unspecified atom stereocenters. The molecule has 0 radical (unpaired) electrons. The van der Waals surface area contributed by atoms with Gasteiger partial charge in [0.05, 0.1) is 50.8 Å². The lowest BCUT2D eigenvalue weighted by Crippen LogP contribution is -2.59. The Kier molecular flexibility index (Phi) is 23.8. The fraction of sp³-hybridized carbons (Fsp3) is 0.662. The molecule has 590 valence electrons. The number of rotatable bonds is 10. The van der Waals surface area contributed by atoms with E-state index >= 15 is 19.2 Å². The molecule has 4 spiro atoms. The van der Waals surface area contributed by atoms with Crippen LogP contribution in [-0.4, -0.2) is 277 Å². The number of aliphatic hydroxyl groups excluding tert-OH is 16. The number of hydrogen-bond acceptors (Lipinski definition) is 30. The fourth-order valence-electron chi connectivity index (χ4n) is 18.2. The first-order valence-corrected chi connectivity index (χ1v) is 36.3. The smallest absolute Gasteiger partial charge is 0.187 e. The average Bonchev–Trinajstić information content (AvgIpc) is 1.59. The number of aldehydes is 2. The number of fused-ring (bicyclic) bond motifs is 4. The largest absolute Gasteiger partial charge is 0.394 e. The second-order valence-corrected chi connectivity index (χ2v) is 31.9. The summed E-state index contributed by atoms with van der Waals surface area (Å²) in [5.41, 5.74) is -12.3. The zero-order valence-electron chi connectivity index (χ0n) is 60.9. The molecular weight excluding hydrogens is 1400 g/mol. The predicted octanol–water partition coefficient (Wildman–Crippen LogP) is -1.82. The van der Waals surface area contributed by atoms with E-state index in [-0.39, 0.29) is 61.2 Å². The zero-order valence-corrected chi connectivity index (χ0v) is 60.9. The van der Waals surface area contributed by atoms with E-state index in [2.05, 4.69) is 0 Å². The quantitative estimate of drug-likeness (QED) is 0.0846. The van der Waals surface area contributed by atoms with E-state index in [4.69, 9.17) is 37.9 Å². The Morgan fingerprint density at radius 3 is 1.28 bits per heavy atom. The van der Waals surface area contributed by atoms with Crippen LogP contribution in [-0.2, 0) is 66.7 Å². The summed E-state index contributed by atoms with van der Waals surface area (Å²) < 4.78 is 48.6. The Bertz CT molecular complexity index is 3750. The summed E-state index contributed by atoms with van der Waals surface area (Å²) in [6.45, 7) is 11.8. The maximum atomic E-state index is 15.6. The van der Waals surface area contributed by atoms with Crippen LogP contribution in [0.2, 0.25) is 0 Å². The highest BCUT2D eigenvalue weighted by molar-refractivity contribution is 5.97. The van der Waals surface area contributed by atoms with Gasteiger partial charge < -0.3 is 120 Å². The van der Waals surface area contributed by atoms with Gasteiger partial charge in [-0.3, -0.25) is 28.8 Å². The summed E-state index contributed by atoms with van der Waals surface area (Å²) in [4.78, 5) is 87.5. The molecule has 11 rings (SSSR count). The van der Waals surface area contributed by atoms with Gasteiger partial charge in [0.2, 0.25) is 0 Å². The fourth-order valence-corrected chi connectivity index (χ4v) is 18.2. The molecule has 0 aromatic heterocycles. The van der Waals surface area contributed by atoms with E-state index in [1.807, 2.05) is 0 Å². The van der Waals surface area contributed by atoms with Crippen LogP contribution in [0, 0.1) is 69.5 Å². The second-order valence-electron chi connectivity index (χ2n) is 31.9. The maximum absolute atomic E-state index is 15.6. The number of carbonyl (C=O) groups is 6. The Labute approximate surface area is 617 Å². The summed E-state index contributed by atoms with van der Waals surface area (Å²) in [6.07, 6.45) is -12.7. The second kappa shape index (κ2) is 30.9. The van der Waals surface area contributed by atoms with Gasteiger partial charge in [-0.25, -0.2) is 0 Å². The van der Waals surface area contributed by atoms with Crippen LogP contribution >= 0.6 is 0 Å². The van der Waals surface area contributed by atoms with Gasteiger partial charge in [0.25, 0.3) is 0 Å². The Hall–Kier alpha value is -5.54. The average molecular weight is 1510 g/mol. The van der Waals surface area contributed by atoms with Gasteiger partial charge >= 0.3 is 0 Å². The number of Topliss-reactive ketones (excluding diaryl/α,β-unsaturated/α-hetero) is 4. The van der Waals surface area contributed by atoms with Crippen LogP contribution in [0.5, 0.6) is 0 Å². The van der Waals surface area contributed by atoms with Gasteiger partial charge in [0.1, 0.15) is 107 Å². The van der Waals surface area contributed by atoms with Gasteiger partial charge in [-0.05, 0) is 117 Å². The van der Waals surface area contributed by atoms with E-state index in [0.717, 1.165) is 12.2 Å². The molecule has 30 heteroatoms. The number of aliphatic hydroxyl groups is 16. The molecule has 0 aromatic rings. The lowest BCUT2D eigenvalue weighted by Gasteiger charge is -2.47. The van der Waals surface area contributed by atoms with Crippen molar-refractivity contribution in [2.75, 3.05) is 26.4 Å². The van der Waals surface area contributed by atoms with Crippen molar-refractivity contribution in [3.05, 3.63) is 119 Å². The molecular formula is C77H102O30. The first-order valence-electron chi connectivity index (χ1n) is 36.3. The van der Waals surface area contributed by atoms with Crippen molar-refractivity contribution in [2.45, 2.75) is 221 Å². The molecule has 107 heavy (non-hydrogen) atoms. The molecule has 6 fully saturated rings. The predicted molar refractivity (Wildman–Crippen MR) is 368 cm³/mol. The highest BCUT2D eigenvalue weighted by atomic mass is 16.7. The molecule has 30 nitrogen and oxygen atoms in total. The summed E-state index contributed by atoms with van der Waals surface area (Å²) in [7, 11) is 0. The first-order chi connectivity index (χ1) is 50.2. The minimum Gasteiger partial charge on any atom is -0.394 e.